The minimum absolute atomic E-state index is 0.0780. The van der Waals surface area contributed by atoms with Gasteiger partial charge >= 0.3 is 6.03 Å². The molecule has 9 nitrogen and oxygen atoms in total. The van der Waals surface area contributed by atoms with Crippen LogP contribution in [0, 0.1) is 0 Å². The smallest absolute Gasteiger partial charge is 0.331 e. The third-order valence-electron chi connectivity index (χ3n) is 6.26. The SMILES string of the molecule is COc1ccc(/C=C2/C(=O)NC(=O)N(C3CCCCC3)C2=O)cc1COc1ccc(NC(C)=O)cc1. The lowest BCUT2D eigenvalue weighted by Crippen LogP contribution is -2.58. The van der Waals surface area contributed by atoms with E-state index in [4.69, 9.17) is 9.47 Å². The topological polar surface area (TPSA) is 114 Å². The summed E-state index contributed by atoms with van der Waals surface area (Å²) >= 11 is 0. The number of methoxy groups -OCH3 is 1. The Hall–Kier alpha value is -4.14. The van der Waals surface area contributed by atoms with Gasteiger partial charge in [-0.3, -0.25) is 24.6 Å². The maximum absolute atomic E-state index is 13.2. The minimum Gasteiger partial charge on any atom is -0.496 e. The number of nitrogens with one attached hydrogen (secondary N) is 2. The number of amides is 5. The van der Waals surface area contributed by atoms with E-state index in [0.29, 0.717) is 28.3 Å². The van der Waals surface area contributed by atoms with Gasteiger partial charge in [0.25, 0.3) is 11.8 Å². The van der Waals surface area contributed by atoms with Crippen molar-refractivity contribution < 1.29 is 28.7 Å². The zero-order chi connectivity index (χ0) is 25.7. The Morgan fingerprint density at radius 3 is 2.47 bits per heavy atom. The first-order valence-electron chi connectivity index (χ1n) is 11.9. The molecule has 188 valence electrons. The summed E-state index contributed by atoms with van der Waals surface area (Å²) in [6, 6.07) is 11.4. The number of urea groups is 1. The highest BCUT2D eigenvalue weighted by atomic mass is 16.5. The van der Waals surface area contributed by atoms with Crippen LogP contribution in [0.15, 0.2) is 48.0 Å². The van der Waals surface area contributed by atoms with Crippen molar-refractivity contribution in [2.24, 2.45) is 0 Å². The van der Waals surface area contributed by atoms with Crippen LogP contribution in [0.2, 0.25) is 0 Å². The quantitative estimate of drug-likeness (QED) is 0.447. The van der Waals surface area contributed by atoms with Crippen LogP contribution in [0.3, 0.4) is 0 Å². The van der Waals surface area contributed by atoms with Gasteiger partial charge in [-0.15, -0.1) is 0 Å². The molecule has 2 aromatic carbocycles. The number of barbiturate groups is 1. The lowest BCUT2D eigenvalue weighted by atomic mass is 9.93. The number of hydrogen-bond acceptors (Lipinski definition) is 6. The molecule has 5 amide bonds. The fourth-order valence-corrected chi connectivity index (χ4v) is 4.51. The summed E-state index contributed by atoms with van der Waals surface area (Å²) in [5.41, 5.74) is 1.90. The molecule has 0 radical (unpaired) electrons. The van der Waals surface area contributed by atoms with E-state index in [1.54, 1.807) is 49.6 Å². The van der Waals surface area contributed by atoms with Gasteiger partial charge in [-0.1, -0.05) is 25.3 Å². The molecule has 2 aromatic rings. The molecule has 0 atom stereocenters. The number of benzene rings is 2. The minimum atomic E-state index is -0.704. The highest BCUT2D eigenvalue weighted by molar-refractivity contribution is 6.31. The molecule has 1 heterocycles. The molecule has 0 aromatic heterocycles. The summed E-state index contributed by atoms with van der Waals surface area (Å²) in [7, 11) is 1.55. The molecular weight excluding hydrogens is 462 g/mol. The van der Waals surface area contributed by atoms with Gasteiger partial charge in [-0.25, -0.2) is 4.79 Å². The van der Waals surface area contributed by atoms with Crippen molar-refractivity contribution in [2.75, 3.05) is 12.4 Å². The van der Waals surface area contributed by atoms with E-state index in [1.165, 1.54) is 17.9 Å². The summed E-state index contributed by atoms with van der Waals surface area (Å²) in [4.78, 5) is 50.5. The van der Waals surface area contributed by atoms with Crippen molar-refractivity contribution >= 4 is 35.5 Å². The van der Waals surface area contributed by atoms with E-state index in [-0.39, 0.29) is 24.1 Å². The molecular formula is C27H29N3O6. The first-order valence-corrected chi connectivity index (χ1v) is 11.9. The van der Waals surface area contributed by atoms with E-state index in [9.17, 15) is 19.2 Å². The molecule has 2 N–H and O–H groups in total. The summed E-state index contributed by atoms with van der Waals surface area (Å²) in [6.45, 7) is 1.61. The van der Waals surface area contributed by atoms with Gasteiger partial charge in [0.2, 0.25) is 5.91 Å². The summed E-state index contributed by atoms with van der Waals surface area (Å²) in [6.07, 6.45) is 5.97. The molecule has 1 aliphatic carbocycles. The number of ether oxygens (including phenoxy) is 2. The van der Waals surface area contributed by atoms with Crippen LogP contribution in [-0.2, 0) is 21.0 Å². The van der Waals surface area contributed by atoms with Gasteiger partial charge < -0.3 is 14.8 Å². The zero-order valence-corrected chi connectivity index (χ0v) is 20.3. The zero-order valence-electron chi connectivity index (χ0n) is 20.3. The standard InChI is InChI=1S/C27H29N3O6/c1-17(31)28-20-9-11-22(12-10-20)36-16-19-14-18(8-13-24(19)35-2)15-23-25(32)29-27(34)30(26(23)33)21-6-4-3-5-7-21/h8-15,21H,3-7,16H2,1-2H3,(H,28,31)(H,29,32,34)/b23-15-. The predicted molar refractivity (Wildman–Crippen MR) is 133 cm³/mol. The maximum atomic E-state index is 13.2. The molecule has 1 aliphatic heterocycles. The van der Waals surface area contributed by atoms with Crippen LogP contribution in [0.4, 0.5) is 10.5 Å². The largest absolute Gasteiger partial charge is 0.496 e. The summed E-state index contributed by atoms with van der Waals surface area (Å²) < 4.78 is 11.3. The van der Waals surface area contributed by atoms with Crippen molar-refractivity contribution in [3.05, 3.63) is 59.2 Å². The number of hydrogen-bond donors (Lipinski definition) is 2. The van der Waals surface area contributed by atoms with Crippen molar-refractivity contribution in [3.63, 3.8) is 0 Å². The highest BCUT2D eigenvalue weighted by Crippen LogP contribution is 2.28. The first kappa shape index (κ1) is 25.0. The van der Waals surface area contributed by atoms with Gasteiger partial charge in [0.1, 0.15) is 23.7 Å². The molecule has 0 unspecified atom stereocenters. The van der Waals surface area contributed by atoms with Crippen molar-refractivity contribution in [3.8, 4) is 11.5 Å². The number of rotatable bonds is 7. The molecule has 4 rings (SSSR count). The molecule has 9 heteroatoms. The molecule has 2 fully saturated rings. The Bertz CT molecular complexity index is 1200. The number of nitrogens with zero attached hydrogens (tertiary/aromatic N) is 1. The van der Waals surface area contributed by atoms with Crippen molar-refractivity contribution in [1.82, 2.24) is 10.2 Å². The van der Waals surface area contributed by atoms with Gasteiger partial charge in [0.15, 0.2) is 0 Å². The number of anilines is 1. The molecule has 1 saturated heterocycles. The monoisotopic (exact) mass is 491 g/mol. The average Bonchev–Trinajstić information content (AvgIpc) is 2.86. The summed E-state index contributed by atoms with van der Waals surface area (Å²) in [5.74, 6) is -0.243. The lowest BCUT2D eigenvalue weighted by molar-refractivity contribution is -0.132. The number of carbonyl (C=O) groups is 4. The molecule has 1 saturated carbocycles. The Labute approximate surface area is 209 Å². The Morgan fingerprint density at radius 2 is 1.81 bits per heavy atom. The van der Waals surface area contributed by atoms with Crippen molar-refractivity contribution in [1.29, 1.82) is 0 Å². The van der Waals surface area contributed by atoms with Crippen LogP contribution >= 0.6 is 0 Å². The highest BCUT2D eigenvalue weighted by Gasteiger charge is 2.40. The van der Waals surface area contributed by atoms with E-state index in [1.807, 2.05) is 0 Å². The molecule has 0 bridgehead atoms. The van der Waals surface area contributed by atoms with Gasteiger partial charge in [-0.2, -0.15) is 0 Å². The number of carbonyl (C=O) groups excluding carboxylic acids is 4. The van der Waals surface area contributed by atoms with E-state index in [0.717, 1.165) is 32.1 Å². The second kappa shape index (κ2) is 11.1. The molecule has 36 heavy (non-hydrogen) atoms. The van der Waals surface area contributed by atoms with Gasteiger partial charge in [0, 0.05) is 24.2 Å². The van der Waals surface area contributed by atoms with Gasteiger partial charge in [-0.05, 0) is 60.9 Å². The Morgan fingerprint density at radius 1 is 1.08 bits per heavy atom. The first-order chi connectivity index (χ1) is 17.4. The van der Waals surface area contributed by atoms with Crippen molar-refractivity contribution in [2.45, 2.75) is 51.7 Å². The second-order valence-electron chi connectivity index (χ2n) is 8.85. The fourth-order valence-electron chi connectivity index (χ4n) is 4.51. The van der Waals surface area contributed by atoms with Crippen LogP contribution in [-0.4, -0.2) is 41.8 Å². The fraction of sp³-hybridized carbons (Fsp3) is 0.333. The third-order valence-corrected chi connectivity index (χ3v) is 6.26. The Kier molecular flexibility index (Phi) is 7.68. The van der Waals surface area contributed by atoms with Gasteiger partial charge in [0.05, 0.1) is 7.11 Å². The average molecular weight is 492 g/mol. The molecule has 0 spiro atoms. The normalized spacial score (nSPS) is 17.7. The van der Waals surface area contributed by atoms with E-state index < -0.39 is 17.8 Å². The second-order valence-corrected chi connectivity index (χ2v) is 8.85. The molecule has 2 aliphatic rings. The maximum Gasteiger partial charge on any atom is 0.331 e. The Balaban J connectivity index is 1.53. The van der Waals surface area contributed by atoms with Crippen LogP contribution in [0.5, 0.6) is 11.5 Å². The predicted octanol–water partition coefficient (Wildman–Crippen LogP) is 4.03. The van der Waals surface area contributed by atoms with E-state index >= 15 is 0 Å². The van der Waals surface area contributed by atoms with Crippen LogP contribution in [0.1, 0.15) is 50.2 Å². The lowest BCUT2D eigenvalue weighted by Gasteiger charge is -2.35. The van der Waals surface area contributed by atoms with Crippen LogP contribution in [0.25, 0.3) is 6.08 Å². The van der Waals surface area contributed by atoms with E-state index in [2.05, 4.69) is 10.6 Å². The van der Waals surface area contributed by atoms with Crippen LogP contribution < -0.4 is 20.1 Å². The number of imide groups is 2. The summed E-state index contributed by atoms with van der Waals surface area (Å²) in [5, 5.41) is 5.01. The third kappa shape index (κ3) is 5.73.